The van der Waals surface area contributed by atoms with E-state index in [1.54, 1.807) is 17.7 Å². The topological polar surface area (TPSA) is 3.24 Å². The fourth-order valence-electron chi connectivity index (χ4n) is 3.82. The molecular weight excluding hydrogens is 297 g/mol. The van der Waals surface area contributed by atoms with Crippen molar-refractivity contribution in [3.8, 4) is 0 Å². The van der Waals surface area contributed by atoms with Gasteiger partial charge in [0.25, 0.3) is 0 Å². The Labute approximate surface area is 144 Å². The maximum Gasteiger partial charge on any atom is 0.123 e. The Morgan fingerprint density at radius 3 is 2.25 bits per heavy atom. The van der Waals surface area contributed by atoms with Gasteiger partial charge >= 0.3 is 0 Å². The monoisotopic (exact) mass is 323 g/mol. The molecule has 2 aromatic carbocycles. The first-order chi connectivity index (χ1) is 11.6. The number of halogens is 1. The molecule has 1 aliphatic carbocycles. The molecule has 1 aliphatic rings. The molecule has 0 aromatic heterocycles. The molecule has 0 fully saturated rings. The average Bonchev–Trinajstić information content (AvgIpc) is 2.59. The van der Waals surface area contributed by atoms with Gasteiger partial charge in [0.15, 0.2) is 0 Å². The fourth-order valence-corrected chi connectivity index (χ4v) is 3.82. The molecule has 0 saturated heterocycles. The second kappa shape index (κ2) is 7.76. The summed E-state index contributed by atoms with van der Waals surface area (Å²) in [4.78, 5) is 2.32. The SMILES string of the molecule is CN(C)C(C1=C(Cc2ccc(F)cc2)CCCC1)c1ccccc1. The van der Waals surface area contributed by atoms with Crippen LogP contribution in [-0.4, -0.2) is 19.0 Å². The van der Waals surface area contributed by atoms with Gasteiger partial charge < -0.3 is 0 Å². The first-order valence-electron chi connectivity index (χ1n) is 8.82. The van der Waals surface area contributed by atoms with E-state index in [1.807, 2.05) is 12.1 Å². The number of benzene rings is 2. The molecule has 2 heteroatoms. The number of likely N-dealkylation sites (N-methyl/N-ethyl adjacent to an activating group) is 1. The summed E-state index contributed by atoms with van der Waals surface area (Å²) in [7, 11) is 4.32. The molecule has 0 radical (unpaired) electrons. The van der Waals surface area contributed by atoms with Crippen LogP contribution >= 0.6 is 0 Å². The van der Waals surface area contributed by atoms with Gasteiger partial charge in [-0.25, -0.2) is 4.39 Å². The van der Waals surface area contributed by atoms with E-state index in [-0.39, 0.29) is 5.82 Å². The van der Waals surface area contributed by atoms with Crippen LogP contribution in [0.5, 0.6) is 0 Å². The first-order valence-corrected chi connectivity index (χ1v) is 8.82. The van der Waals surface area contributed by atoms with Crippen LogP contribution < -0.4 is 0 Å². The van der Waals surface area contributed by atoms with Crippen molar-refractivity contribution in [1.82, 2.24) is 4.90 Å². The standard InChI is InChI=1S/C22H26FN/c1-24(2)22(18-8-4-3-5-9-18)21-11-7-6-10-19(21)16-17-12-14-20(23)15-13-17/h3-5,8-9,12-15,22H,6-7,10-11,16H2,1-2H3. The summed E-state index contributed by atoms with van der Waals surface area (Å²) in [5.74, 6) is -0.160. The third-order valence-corrected chi connectivity index (χ3v) is 4.92. The Hall–Kier alpha value is -1.93. The zero-order valence-electron chi connectivity index (χ0n) is 14.6. The van der Waals surface area contributed by atoms with E-state index in [0.29, 0.717) is 6.04 Å². The summed E-state index contributed by atoms with van der Waals surface area (Å²) in [5, 5.41) is 0. The minimum absolute atomic E-state index is 0.160. The average molecular weight is 323 g/mol. The molecule has 126 valence electrons. The highest BCUT2D eigenvalue weighted by molar-refractivity contribution is 5.35. The van der Waals surface area contributed by atoms with Crippen molar-refractivity contribution in [3.63, 3.8) is 0 Å². The number of nitrogens with zero attached hydrogens (tertiary/aromatic N) is 1. The summed E-state index contributed by atoms with van der Waals surface area (Å²) in [5.41, 5.74) is 5.66. The van der Waals surface area contributed by atoms with E-state index in [9.17, 15) is 4.39 Å². The van der Waals surface area contributed by atoms with Gasteiger partial charge in [-0.1, -0.05) is 48.0 Å². The van der Waals surface area contributed by atoms with E-state index >= 15 is 0 Å². The Bertz CT molecular complexity index is 686. The van der Waals surface area contributed by atoms with Gasteiger partial charge in [-0.05, 0) is 75.0 Å². The van der Waals surface area contributed by atoms with Crippen LogP contribution in [0.2, 0.25) is 0 Å². The predicted molar refractivity (Wildman–Crippen MR) is 98.5 cm³/mol. The van der Waals surface area contributed by atoms with Gasteiger partial charge in [-0.3, -0.25) is 4.90 Å². The lowest BCUT2D eigenvalue weighted by atomic mass is 9.82. The summed E-state index contributed by atoms with van der Waals surface area (Å²) >= 11 is 0. The molecule has 0 spiro atoms. The van der Waals surface area contributed by atoms with E-state index < -0.39 is 0 Å². The van der Waals surface area contributed by atoms with Crippen LogP contribution in [0, 0.1) is 5.82 Å². The maximum absolute atomic E-state index is 13.2. The minimum Gasteiger partial charge on any atom is -0.299 e. The zero-order valence-corrected chi connectivity index (χ0v) is 14.6. The quantitative estimate of drug-likeness (QED) is 0.653. The molecule has 0 saturated carbocycles. The zero-order chi connectivity index (χ0) is 16.9. The Balaban J connectivity index is 1.96. The largest absolute Gasteiger partial charge is 0.299 e. The molecular formula is C22H26FN. The smallest absolute Gasteiger partial charge is 0.123 e. The summed E-state index contributed by atoms with van der Waals surface area (Å²) in [6.07, 6.45) is 5.78. The first kappa shape index (κ1) is 16.9. The molecule has 0 aliphatic heterocycles. The van der Waals surface area contributed by atoms with E-state index in [2.05, 4.69) is 49.3 Å². The van der Waals surface area contributed by atoms with Gasteiger partial charge in [0, 0.05) is 0 Å². The van der Waals surface area contributed by atoms with Crippen LogP contribution in [0.15, 0.2) is 65.7 Å². The number of rotatable bonds is 5. The Kier molecular flexibility index (Phi) is 5.47. The van der Waals surface area contributed by atoms with Crippen molar-refractivity contribution in [2.24, 2.45) is 0 Å². The molecule has 1 atom stereocenters. The highest BCUT2D eigenvalue weighted by Crippen LogP contribution is 2.38. The van der Waals surface area contributed by atoms with Crippen molar-refractivity contribution < 1.29 is 4.39 Å². The minimum atomic E-state index is -0.160. The second-order valence-electron chi connectivity index (χ2n) is 6.92. The van der Waals surface area contributed by atoms with Crippen LogP contribution in [0.25, 0.3) is 0 Å². The van der Waals surface area contributed by atoms with Crippen LogP contribution in [0.1, 0.15) is 42.9 Å². The highest BCUT2D eigenvalue weighted by Gasteiger charge is 2.24. The second-order valence-corrected chi connectivity index (χ2v) is 6.92. The fraction of sp³-hybridized carbons (Fsp3) is 0.364. The van der Waals surface area contributed by atoms with Gasteiger partial charge in [-0.15, -0.1) is 0 Å². The lowest BCUT2D eigenvalue weighted by Gasteiger charge is -2.32. The predicted octanol–water partition coefficient (Wildman–Crippen LogP) is 5.54. The normalized spacial score (nSPS) is 16.5. The third-order valence-electron chi connectivity index (χ3n) is 4.92. The summed E-state index contributed by atoms with van der Waals surface area (Å²) in [6, 6.07) is 18.1. The molecule has 0 bridgehead atoms. The molecule has 3 rings (SSSR count). The van der Waals surface area contributed by atoms with Crippen molar-refractivity contribution in [3.05, 3.63) is 82.7 Å². The lowest BCUT2D eigenvalue weighted by Crippen LogP contribution is -2.24. The Morgan fingerprint density at radius 1 is 0.917 bits per heavy atom. The van der Waals surface area contributed by atoms with Gasteiger partial charge in [0.2, 0.25) is 0 Å². The maximum atomic E-state index is 13.2. The van der Waals surface area contributed by atoms with Gasteiger partial charge in [0.05, 0.1) is 6.04 Å². The molecule has 0 N–H and O–H groups in total. The van der Waals surface area contributed by atoms with Crippen LogP contribution in [0.4, 0.5) is 4.39 Å². The van der Waals surface area contributed by atoms with Crippen molar-refractivity contribution in [2.75, 3.05) is 14.1 Å². The van der Waals surface area contributed by atoms with E-state index in [1.165, 1.54) is 29.5 Å². The van der Waals surface area contributed by atoms with Crippen LogP contribution in [-0.2, 0) is 6.42 Å². The molecule has 1 nitrogen and oxygen atoms in total. The number of allylic oxidation sites excluding steroid dienone is 1. The van der Waals surface area contributed by atoms with E-state index in [4.69, 9.17) is 0 Å². The highest BCUT2D eigenvalue weighted by atomic mass is 19.1. The van der Waals surface area contributed by atoms with Crippen molar-refractivity contribution >= 4 is 0 Å². The number of hydrogen-bond donors (Lipinski definition) is 0. The van der Waals surface area contributed by atoms with Crippen LogP contribution in [0.3, 0.4) is 0 Å². The third kappa shape index (κ3) is 3.93. The summed E-state index contributed by atoms with van der Waals surface area (Å²) in [6.45, 7) is 0. The van der Waals surface area contributed by atoms with E-state index in [0.717, 1.165) is 19.3 Å². The molecule has 2 aromatic rings. The van der Waals surface area contributed by atoms with Gasteiger partial charge in [0.1, 0.15) is 5.82 Å². The van der Waals surface area contributed by atoms with Crippen molar-refractivity contribution in [2.45, 2.75) is 38.1 Å². The molecule has 0 amide bonds. The molecule has 0 heterocycles. The van der Waals surface area contributed by atoms with Crippen molar-refractivity contribution in [1.29, 1.82) is 0 Å². The number of hydrogen-bond acceptors (Lipinski definition) is 1. The van der Waals surface area contributed by atoms with Gasteiger partial charge in [-0.2, -0.15) is 0 Å². The Morgan fingerprint density at radius 2 is 1.58 bits per heavy atom. The summed E-state index contributed by atoms with van der Waals surface area (Å²) < 4.78 is 13.2. The lowest BCUT2D eigenvalue weighted by molar-refractivity contribution is 0.323. The molecule has 24 heavy (non-hydrogen) atoms. The molecule has 1 unspecified atom stereocenters.